The van der Waals surface area contributed by atoms with Crippen molar-refractivity contribution in [3.05, 3.63) is 58.3 Å². The fourth-order valence-corrected chi connectivity index (χ4v) is 2.43. The normalized spacial score (nSPS) is 18.0. The fraction of sp³-hybridized carbons (Fsp3) is 0.267. The Morgan fingerprint density at radius 3 is 2.95 bits per heavy atom. The minimum absolute atomic E-state index is 0.170. The first-order valence-corrected chi connectivity index (χ1v) is 6.83. The molecule has 2 heterocycles. The van der Waals surface area contributed by atoms with Gasteiger partial charge >= 0.3 is 0 Å². The van der Waals surface area contributed by atoms with Gasteiger partial charge in [-0.25, -0.2) is 4.98 Å². The second kappa shape index (κ2) is 5.49. The summed E-state index contributed by atoms with van der Waals surface area (Å²) in [6.07, 6.45) is 2.48. The molecule has 0 saturated carbocycles. The predicted molar refractivity (Wildman–Crippen MR) is 79.3 cm³/mol. The molecule has 0 radical (unpaired) electrons. The Labute approximate surface area is 121 Å². The maximum atomic E-state index is 12.7. The highest BCUT2D eigenvalue weighted by molar-refractivity contribution is 6.05. The highest BCUT2D eigenvalue weighted by atomic mass is 16.2. The summed E-state index contributed by atoms with van der Waals surface area (Å²) in [6.45, 7) is 3.31. The van der Waals surface area contributed by atoms with Crippen LogP contribution in [-0.2, 0) is 6.54 Å². The molecule has 0 aliphatic carbocycles. The van der Waals surface area contributed by atoms with Crippen molar-refractivity contribution in [1.82, 2.24) is 15.3 Å². The van der Waals surface area contributed by atoms with E-state index in [1.54, 1.807) is 4.90 Å². The highest BCUT2D eigenvalue weighted by Crippen LogP contribution is 2.24. The van der Waals surface area contributed by atoms with Gasteiger partial charge in [0, 0.05) is 31.0 Å². The molecule has 6 heteroatoms. The summed E-state index contributed by atoms with van der Waals surface area (Å²) in [5.41, 5.74) is 1.86. The number of nitrogens with zero attached hydrogens (tertiary/aromatic N) is 2. The van der Waals surface area contributed by atoms with Crippen LogP contribution in [0.15, 0.2) is 41.5 Å². The van der Waals surface area contributed by atoms with Crippen molar-refractivity contribution in [2.24, 2.45) is 0 Å². The number of para-hydroxylation sites is 1. The molecule has 21 heavy (non-hydrogen) atoms. The molecule has 1 amide bonds. The zero-order valence-electron chi connectivity index (χ0n) is 11.7. The van der Waals surface area contributed by atoms with Gasteiger partial charge in [-0.2, -0.15) is 0 Å². The fourth-order valence-electron chi connectivity index (χ4n) is 2.43. The van der Waals surface area contributed by atoms with Crippen LogP contribution < -0.4 is 15.8 Å². The molecule has 0 fully saturated rings. The first-order chi connectivity index (χ1) is 10.1. The Balaban J connectivity index is 2.01. The van der Waals surface area contributed by atoms with E-state index in [9.17, 15) is 9.59 Å². The van der Waals surface area contributed by atoms with Crippen LogP contribution in [0.2, 0.25) is 0 Å². The quantitative estimate of drug-likeness (QED) is 0.816. The third kappa shape index (κ3) is 2.71. The van der Waals surface area contributed by atoms with Gasteiger partial charge in [0.05, 0.1) is 6.20 Å². The van der Waals surface area contributed by atoms with Crippen molar-refractivity contribution in [2.75, 3.05) is 11.4 Å². The van der Waals surface area contributed by atoms with Crippen LogP contribution in [0.25, 0.3) is 0 Å². The lowest BCUT2D eigenvalue weighted by Gasteiger charge is -2.24. The van der Waals surface area contributed by atoms with Crippen LogP contribution in [-0.4, -0.2) is 28.5 Å². The molecule has 1 aromatic heterocycles. The summed E-state index contributed by atoms with van der Waals surface area (Å²) >= 11 is 0. The molecule has 2 N–H and O–H groups in total. The third-order valence-electron chi connectivity index (χ3n) is 3.52. The van der Waals surface area contributed by atoms with Crippen molar-refractivity contribution < 1.29 is 4.79 Å². The van der Waals surface area contributed by atoms with Gasteiger partial charge in [0.1, 0.15) is 5.69 Å². The summed E-state index contributed by atoms with van der Waals surface area (Å²) < 4.78 is 0. The van der Waals surface area contributed by atoms with E-state index in [1.807, 2.05) is 31.2 Å². The first-order valence-electron chi connectivity index (χ1n) is 6.83. The zero-order chi connectivity index (χ0) is 14.8. The van der Waals surface area contributed by atoms with Gasteiger partial charge in [-0.15, -0.1) is 0 Å². The molecule has 2 aromatic rings. The molecular formula is C15H16N4O2. The number of anilines is 1. The Hall–Kier alpha value is -2.47. The summed E-state index contributed by atoms with van der Waals surface area (Å²) in [5.74, 6) is -0.214. The van der Waals surface area contributed by atoms with E-state index in [0.717, 1.165) is 24.0 Å². The largest absolute Gasteiger partial charge is 0.325 e. The smallest absolute Gasteiger partial charge is 0.278 e. The number of benzene rings is 1. The van der Waals surface area contributed by atoms with Gasteiger partial charge in [0.2, 0.25) is 0 Å². The SMILES string of the molecule is CC1CN(C(=O)c2c[nH]c(=O)cn2)c2ccccc2CN1. The van der Waals surface area contributed by atoms with Crippen molar-refractivity contribution in [3.8, 4) is 0 Å². The summed E-state index contributed by atoms with van der Waals surface area (Å²) in [5, 5.41) is 3.37. The molecule has 1 aliphatic rings. The Morgan fingerprint density at radius 1 is 1.38 bits per heavy atom. The number of aromatic amines is 1. The van der Waals surface area contributed by atoms with E-state index in [-0.39, 0.29) is 23.2 Å². The van der Waals surface area contributed by atoms with Crippen molar-refractivity contribution in [1.29, 1.82) is 0 Å². The molecule has 0 spiro atoms. The number of carbonyl (C=O) groups excluding carboxylic acids is 1. The van der Waals surface area contributed by atoms with Gasteiger partial charge in [-0.1, -0.05) is 18.2 Å². The topological polar surface area (TPSA) is 78.1 Å². The molecule has 0 saturated heterocycles. The number of rotatable bonds is 1. The number of amides is 1. The maximum absolute atomic E-state index is 12.7. The summed E-state index contributed by atoms with van der Waals surface area (Å²) in [6, 6.07) is 7.97. The standard InChI is InChI=1S/C15H16N4O2/c1-10-9-19(13-5-3-2-4-11(13)6-16-10)15(21)12-7-18-14(20)8-17-12/h2-5,7-8,10,16H,6,9H2,1H3,(H,18,20). The van der Waals surface area contributed by atoms with Crippen molar-refractivity contribution in [3.63, 3.8) is 0 Å². The van der Waals surface area contributed by atoms with E-state index < -0.39 is 0 Å². The lowest BCUT2D eigenvalue weighted by molar-refractivity contribution is 0.0980. The molecule has 1 atom stereocenters. The monoisotopic (exact) mass is 284 g/mol. The number of fused-ring (bicyclic) bond motifs is 1. The second-order valence-electron chi connectivity index (χ2n) is 5.12. The third-order valence-corrected chi connectivity index (χ3v) is 3.52. The molecular weight excluding hydrogens is 268 g/mol. The predicted octanol–water partition coefficient (Wildman–Crippen LogP) is 0.908. The van der Waals surface area contributed by atoms with Gasteiger partial charge in [-0.05, 0) is 18.6 Å². The molecule has 6 nitrogen and oxygen atoms in total. The van der Waals surface area contributed by atoms with E-state index in [2.05, 4.69) is 15.3 Å². The van der Waals surface area contributed by atoms with Gasteiger partial charge < -0.3 is 15.2 Å². The Morgan fingerprint density at radius 2 is 2.19 bits per heavy atom. The minimum atomic E-state index is -0.321. The van der Waals surface area contributed by atoms with Gasteiger partial charge in [-0.3, -0.25) is 9.59 Å². The number of hydrogen-bond donors (Lipinski definition) is 2. The first kappa shape index (κ1) is 13.5. The van der Waals surface area contributed by atoms with E-state index in [0.29, 0.717) is 6.54 Å². The van der Waals surface area contributed by atoms with Crippen LogP contribution in [0.5, 0.6) is 0 Å². The molecule has 1 aromatic carbocycles. The second-order valence-corrected chi connectivity index (χ2v) is 5.12. The Bertz CT molecular complexity index is 705. The average Bonchev–Trinajstić information content (AvgIpc) is 2.67. The molecule has 1 aliphatic heterocycles. The number of aromatic nitrogens is 2. The summed E-state index contributed by atoms with van der Waals surface area (Å²) in [7, 11) is 0. The van der Waals surface area contributed by atoms with Gasteiger partial charge in [0.15, 0.2) is 0 Å². The highest BCUT2D eigenvalue weighted by Gasteiger charge is 2.25. The van der Waals surface area contributed by atoms with E-state index >= 15 is 0 Å². The van der Waals surface area contributed by atoms with Crippen LogP contribution in [0.1, 0.15) is 23.0 Å². The van der Waals surface area contributed by atoms with Crippen LogP contribution in [0, 0.1) is 0 Å². The lowest BCUT2D eigenvalue weighted by atomic mass is 10.1. The van der Waals surface area contributed by atoms with E-state index in [1.165, 1.54) is 6.20 Å². The van der Waals surface area contributed by atoms with Crippen LogP contribution in [0.3, 0.4) is 0 Å². The van der Waals surface area contributed by atoms with Crippen LogP contribution >= 0.6 is 0 Å². The van der Waals surface area contributed by atoms with E-state index in [4.69, 9.17) is 0 Å². The average molecular weight is 284 g/mol. The molecule has 0 bridgehead atoms. The zero-order valence-corrected chi connectivity index (χ0v) is 11.7. The number of H-pyrrole nitrogens is 1. The Kier molecular flexibility index (Phi) is 3.53. The maximum Gasteiger partial charge on any atom is 0.278 e. The number of nitrogens with one attached hydrogen (secondary N) is 2. The minimum Gasteiger partial charge on any atom is -0.325 e. The van der Waals surface area contributed by atoms with Gasteiger partial charge in [0.25, 0.3) is 11.5 Å². The lowest BCUT2D eigenvalue weighted by Crippen LogP contribution is -2.40. The number of hydrogen-bond acceptors (Lipinski definition) is 4. The molecule has 108 valence electrons. The van der Waals surface area contributed by atoms with Crippen molar-refractivity contribution in [2.45, 2.75) is 19.5 Å². The van der Waals surface area contributed by atoms with Crippen molar-refractivity contribution >= 4 is 11.6 Å². The summed E-state index contributed by atoms with van der Waals surface area (Å²) in [4.78, 5) is 31.9. The number of carbonyl (C=O) groups is 1. The molecule has 3 rings (SSSR count). The van der Waals surface area contributed by atoms with Crippen LogP contribution in [0.4, 0.5) is 5.69 Å². The molecule has 1 unspecified atom stereocenters.